The molecule has 0 aliphatic carbocycles. The van der Waals surface area contributed by atoms with Crippen LogP contribution >= 0.6 is 0 Å². The van der Waals surface area contributed by atoms with Gasteiger partial charge < -0.3 is 14.8 Å². The minimum absolute atomic E-state index is 0.166. The highest BCUT2D eigenvalue weighted by Gasteiger charge is 2.42. The number of hydrogen-bond donors (Lipinski definition) is 1. The van der Waals surface area contributed by atoms with Gasteiger partial charge >= 0.3 is 6.03 Å². The number of piperidine rings is 1. The molecular formula is C28H27FN4O. The highest BCUT2D eigenvalue weighted by Crippen LogP contribution is 2.41. The lowest BCUT2D eigenvalue weighted by molar-refractivity contribution is 0.176. The average Bonchev–Trinajstić information content (AvgIpc) is 3.35. The third kappa shape index (κ3) is 4.44. The molecule has 4 aromatic rings. The molecule has 0 spiro atoms. The molecule has 5 rings (SSSR count). The van der Waals surface area contributed by atoms with Gasteiger partial charge in [-0.05, 0) is 48.2 Å². The fourth-order valence-corrected chi connectivity index (χ4v) is 4.86. The Bertz CT molecular complexity index is 1230. The van der Waals surface area contributed by atoms with Crippen molar-refractivity contribution >= 4 is 11.7 Å². The van der Waals surface area contributed by atoms with Crippen LogP contribution in [0.3, 0.4) is 0 Å². The Hall–Kier alpha value is -3.93. The van der Waals surface area contributed by atoms with Crippen LogP contribution in [-0.4, -0.2) is 33.6 Å². The van der Waals surface area contributed by atoms with E-state index < -0.39 is 0 Å². The summed E-state index contributed by atoms with van der Waals surface area (Å²) in [7, 11) is 0. The molecule has 0 radical (unpaired) electrons. The summed E-state index contributed by atoms with van der Waals surface area (Å²) in [5.41, 5.74) is 2.74. The molecule has 1 aromatic heterocycles. The quantitative estimate of drug-likeness (QED) is 0.422. The summed E-state index contributed by atoms with van der Waals surface area (Å²) < 4.78 is 15.4. The summed E-state index contributed by atoms with van der Waals surface area (Å²) in [5, 5.41) is 2.88. The van der Waals surface area contributed by atoms with Gasteiger partial charge in [-0.2, -0.15) is 0 Å². The van der Waals surface area contributed by atoms with Gasteiger partial charge in [-0.1, -0.05) is 60.7 Å². The first-order valence-corrected chi connectivity index (χ1v) is 11.6. The first kappa shape index (κ1) is 21.9. The number of nitrogens with one attached hydrogen (secondary N) is 1. The molecule has 5 nitrogen and oxygen atoms in total. The van der Waals surface area contributed by atoms with Gasteiger partial charge in [0, 0.05) is 37.7 Å². The minimum atomic E-state index is -0.324. The summed E-state index contributed by atoms with van der Waals surface area (Å²) in [5.74, 6) is 0.704. The third-order valence-corrected chi connectivity index (χ3v) is 6.67. The highest BCUT2D eigenvalue weighted by atomic mass is 19.1. The maximum absolute atomic E-state index is 13.2. The summed E-state index contributed by atoms with van der Waals surface area (Å²) in [6.07, 6.45) is 5.44. The van der Waals surface area contributed by atoms with Crippen molar-refractivity contribution in [2.75, 3.05) is 18.4 Å². The molecule has 2 amide bonds. The molecule has 0 unspecified atom stereocenters. The number of amides is 2. The van der Waals surface area contributed by atoms with Crippen LogP contribution in [0.25, 0.3) is 0 Å². The maximum Gasteiger partial charge on any atom is 0.321 e. The van der Waals surface area contributed by atoms with E-state index in [1.54, 1.807) is 12.1 Å². The number of benzene rings is 3. The predicted octanol–water partition coefficient (Wildman–Crippen LogP) is 5.68. The predicted molar refractivity (Wildman–Crippen MR) is 131 cm³/mol. The standard InChI is InChI=1S/C28H27FN4O/c29-24-11-13-25(14-12-24)31-27(34)32-18-15-28(16-19-32,23-9-5-2-6-10-23)26-30-17-20-33(26)21-22-7-3-1-4-8-22/h1-14,17,20H,15-16,18-19,21H2,(H,31,34). The third-order valence-electron chi connectivity index (χ3n) is 6.67. The first-order valence-electron chi connectivity index (χ1n) is 11.6. The molecule has 2 heterocycles. The summed E-state index contributed by atoms with van der Waals surface area (Å²) in [6.45, 7) is 1.94. The van der Waals surface area contributed by atoms with E-state index in [0.717, 1.165) is 25.2 Å². The second-order valence-electron chi connectivity index (χ2n) is 8.74. The minimum Gasteiger partial charge on any atom is -0.330 e. The number of carbonyl (C=O) groups excluding carboxylic acids is 1. The van der Waals surface area contributed by atoms with Crippen LogP contribution in [0, 0.1) is 5.82 Å². The van der Waals surface area contributed by atoms with E-state index >= 15 is 0 Å². The van der Waals surface area contributed by atoms with Crippen molar-refractivity contribution in [2.45, 2.75) is 24.8 Å². The number of likely N-dealkylation sites (tertiary alicyclic amines) is 1. The molecule has 34 heavy (non-hydrogen) atoms. The Kier molecular flexibility index (Phi) is 6.12. The van der Waals surface area contributed by atoms with Crippen molar-refractivity contribution in [3.8, 4) is 0 Å². The van der Waals surface area contributed by atoms with E-state index in [1.165, 1.54) is 23.3 Å². The van der Waals surface area contributed by atoms with Crippen LogP contribution in [0.4, 0.5) is 14.9 Å². The largest absolute Gasteiger partial charge is 0.330 e. The second kappa shape index (κ2) is 9.51. The average molecular weight is 455 g/mol. The van der Waals surface area contributed by atoms with Gasteiger partial charge in [0.25, 0.3) is 0 Å². The molecule has 0 saturated carbocycles. The molecule has 3 aromatic carbocycles. The van der Waals surface area contributed by atoms with Gasteiger partial charge in [0.15, 0.2) is 0 Å². The number of halogens is 1. The Balaban J connectivity index is 1.39. The fraction of sp³-hybridized carbons (Fsp3) is 0.214. The lowest BCUT2D eigenvalue weighted by Gasteiger charge is -2.42. The number of nitrogens with zero attached hydrogens (tertiary/aromatic N) is 3. The van der Waals surface area contributed by atoms with Crippen LogP contribution in [0.1, 0.15) is 29.8 Å². The van der Waals surface area contributed by atoms with E-state index in [4.69, 9.17) is 4.98 Å². The van der Waals surface area contributed by atoms with Crippen molar-refractivity contribution < 1.29 is 9.18 Å². The van der Waals surface area contributed by atoms with Crippen LogP contribution < -0.4 is 5.32 Å². The number of rotatable bonds is 5. The van der Waals surface area contributed by atoms with E-state index in [1.807, 2.05) is 29.4 Å². The molecular weight excluding hydrogens is 427 g/mol. The molecule has 6 heteroatoms. The van der Waals surface area contributed by atoms with E-state index in [2.05, 4.69) is 58.4 Å². The summed E-state index contributed by atoms with van der Waals surface area (Å²) >= 11 is 0. The maximum atomic E-state index is 13.2. The van der Waals surface area contributed by atoms with E-state index in [9.17, 15) is 9.18 Å². The lowest BCUT2D eigenvalue weighted by atomic mass is 9.72. The van der Waals surface area contributed by atoms with Crippen molar-refractivity contribution in [1.29, 1.82) is 0 Å². The summed E-state index contributed by atoms with van der Waals surface area (Å²) in [6, 6.07) is 26.5. The Labute approximate surface area is 198 Å². The van der Waals surface area contributed by atoms with Gasteiger partial charge in [-0.3, -0.25) is 0 Å². The Morgan fingerprint density at radius 1 is 0.912 bits per heavy atom. The van der Waals surface area contributed by atoms with Gasteiger partial charge in [0.1, 0.15) is 11.6 Å². The lowest BCUT2D eigenvalue weighted by Crippen LogP contribution is -2.48. The first-order chi connectivity index (χ1) is 16.6. The molecule has 0 bridgehead atoms. The van der Waals surface area contributed by atoms with Crippen molar-refractivity contribution in [1.82, 2.24) is 14.5 Å². The molecule has 0 atom stereocenters. The van der Waals surface area contributed by atoms with Gasteiger partial charge in [0.2, 0.25) is 0 Å². The van der Waals surface area contributed by atoms with Crippen molar-refractivity contribution in [3.05, 3.63) is 120 Å². The van der Waals surface area contributed by atoms with Gasteiger partial charge in [-0.15, -0.1) is 0 Å². The number of hydrogen-bond acceptors (Lipinski definition) is 2. The monoisotopic (exact) mass is 454 g/mol. The number of imidazole rings is 1. The van der Waals surface area contributed by atoms with Crippen molar-refractivity contribution in [2.24, 2.45) is 0 Å². The fourth-order valence-electron chi connectivity index (χ4n) is 4.86. The molecule has 1 N–H and O–H groups in total. The number of anilines is 1. The second-order valence-corrected chi connectivity index (χ2v) is 8.74. The van der Waals surface area contributed by atoms with Crippen LogP contribution in [0.15, 0.2) is 97.3 Å². The normalized spacial score (nSPS) is 15.1. The molecule has 1 saturated heterocycles. The van der Waals surface area contributed by atoms with E-state index in [0.29, 0.717) is 18.8 Å². The van der Waals surface area contributed by atoms with Crippen LogP contribution in [0.2, 0.25) is 0 Å². The Morgan fingerprint density at radius 3 is 2.24 bits per heavy atom. The van der Waals surface area contributed by atoms with E-state index in [-0.39, 0.29) is 17.3 Å². The van der Waals surface area contributed by atoms with Crippen molar-refractivity contribution in [3.63, 3.8) is 0 Å². The van der Waals surface area contributed by atoms with Crippen LogP contribution in [0.5, 0.6) is 0 Å². The molecule has 172 valence electrons. The number of urea groups is 1. The molecule has 1 aliphatic rings. The Morgan fingerprint density at radius 2 is 1.56 bits per heavy atom. The molecule has 1 fully saturated rings. The molecule has 1 aliphatic heterocycles. The smallest absolute Gasteiger partial charge is 0.321 e. The summed E-state index contributed by atoms with van der Waals surface area (Å²) in [4.78, 5) is 19.6. The zero-order valence-electron chi connectivity index (χ0n) is 18.9. The van der Waals surface area contributed by atoms with Crippen LogP contribution in [-0.2, 0) is 12.0 Å². The number of carbonyl (C=O) groups is 1. The number of aromatic nitrogens is 2. The topological polar surface area (TPSA) is 50.2 Å². The highest BCUT2D eigenvalue weighted by molar-refractivity contribution is 5.89. The SMILES string of the molecule is O=C(Nc1ccc(F)cc1)N1CCC(c2ccccc2)(c2nccn2Cc2ccccc2)CC1. The zero-order valence-corrected chi connectivity index (χ0v) is 18.9. The van der Waals surface area contributed by atoms with Gasteiger partial charge in [-0.25, -0.2) is 14.2 Å². The van der Waals surface area contributed by atoms with Gasteiger partial charge in [0.05, 0.1) is 5.41 Å². The zero-order chi connectivity index (χ0) is 23.4.